The van der Waals surface area contributed by atoms with Gasteiger partial charge in [0.05, 0.1) is 11.6 Å². The van der Waals surface area contributed by atoms with Crippen molar-refractivity contribution >= 4 is 22.6 Å². The van der Waals surface area contributed by atoms with Crippen LogP contribution in [0.2, 0.25) is 0 Å². The van der Waals surface area contributed by atoms with Crippen molar-refractivity contribution in [1.29, 1.82) is 5.26 Å². The SMILES string of the molecule is N#Cc1cccc2c1C1CC2C=C1I. The van der Waals surface area contributed by atoms with Crippen LogP contribution < -0.4 is 0 Å². The molecule has 0 spiro atoms. The van der Waals surface area contributed by atoms with Gasteiger partial charge in [0, 0.05) is 11.8 Å². The second kappa shape index (κ2) is 2.83. The van der Waals surface area contributed by atoms with Gasteiger partial charge in [0.2, 0.25) is 0 Å². The van der Waals surface area contributed by atoms with Gasteiger partial charge < -0.3 is 0 Å². The summed E-state index contributed by atoms with van der Waals surface area (Å²) in [6.07, 6.45) is 3.53. The van der Waals surface area contributed by atoms with Crippen LogP contribution in [0.15, 0.2) is 27.9 Å². The van der Waals surface area contributed by atoms with Gasteiger partial charge in [0.25, 0.3) is 0 Å². The number of rotatable bonds is 0. The topological polar surface area (TPSA) is 23.8 Å². The number of fused-ring (bicyclic) bond motifs is 5. The predicted octanol–water partition coefficient (Wildman–Crippen LogP) is 3.46. The molecular formula is C12H8IN. The number of allylic oxidation sites excluding steroid dienone is 2. The standard InChI is InChI=1S/C12H8IN/c13-11-5-8-4-10(11)12-7(6-14)2-1-3-9(8)12/h1-3,5,8,10H,4H2. The first kappa shape index (κ1) is 8.49. The fourth-order valence-electron chi connectivity index (χ4n) is 2.61. The van der Waals surface area contributed by atoms with Crippen LogP contribution in [0, 0.1) is 11.3 Å². The summed E-state index contributed by atoms with van der Waals surface area (Å²) in [5, 5.41) is 9.04. The average Bonchev–Trinajstić information content (AvgIpc) is 2.74. The summed E-state index contributed by atoms with van der Waals surface area (Å²) in [7, 11) is 0. The summed E-state index contributed by atoms with van der Waals surface area (Å²) in [5.41, 5.74) is 3.55. The Morgan fingerprint density at radius 2 is 2.29 bits per heavy atom. The second-order valence-corrected chi connectivity index (χ2v) is 5.11. The van der Waals surface area contributed by atoms with E-state index in [0.717, 1.165) is 5.56 Å². The van der Waals surface area contributed by atoms with Gasteiger partial charge in [-0.3, -0.25) is 0 Å². The summed E-state index contributed by atoms with van der Waals surface area (Å²) in [6, 6.07) is 8.40. The first-order valence-electron chi connectivity index (χ1n) is 4.71. The van der Waals surface area contributed by atoms with Crippen LogP contribution in [0.4, 0.5) is 0 Å². The molecule has 2 heteroatoms. The lowest BCUT2D eigenvalue weighted by Crippen LogP contribution is -1.98. The van der Waals surface area contributed by atoms with Crippen molar-refractivity contribution in [3.63, 3.8) is 0 Å². The van der Waals surface area contributed by atoms with Gasteiger partial charge in [0.15, 0.2) is 0 Å². The van der Waals surface area contributed by atoms with Crippen LogP contribution in [0.25, 0.3) is 0 Å². The van der Waals surface area contributed by atoms with E-state index in [9.17, 15) is 0 Å². The van der Waals surface area contributed by atoms with Crippen LogP contribution in [0.3, 0.4) is 0 Å². The fraction of sp³-hybridized carbons (Fsp3) is 0.250. The Kier molecular flexibility index (Phi) is 1.72. The van der Waals surface area contributed by atoms with E-state index in [0.29, 0.717) is 11.8 Å². The van der Waals surface area contributed by atoms with E-state index < -0.39 is 0 Å². The number of hydrogen-bond donors (Lipinski definition) is 0. The molecule has 3 rings (SSSR count). The zero-order valence-electron chi connectivity index (χ0n) is 7.50. The zero-order valence-corrected chi connectivity index (χ0v) is 9.65. The first-order chi connectivity index (χ1) is 6.81. The van der Waals surface area contributed by atoms with Gasteiger partial charge in [-0.1, -0.05) is 18.2 Å². The molecule has 0 amide bonds. The Labute approximate surface area is 96.6 Å². The van der Waals surface area contributed by atoms with E-state index in [-0.39, 0.29) is 0 Å². The lowest BCUT2D eigenvalue weighted by molar-refractivity contribution is 0.802. The molecule has 0 heterocycles. The Morgan fingerprint density at radius 1 is 1.43 bits per heavy atom. The monoisotopic (exact) mass is 293 g/mol. The van der Waals surface area contributed by atoms with Crippen LogP contribution in [-0.2, 0) is 0 Å². The fourth-order valence-corrected chi connectivity index (χ4v) is 3.61. The third-order valence-electron chi connectivity index (χ3n) is 3.19. The van der Waals surface area contributed by atoms with Crippen LogP contribution in [-0.4, -0.2) is 0 Å². The Morgan fingerprint density at radius 3 is 3.07 bits per heavy atom. The van der Waals surface area contributed by atoms with Gasteiger partial charge in [0.1, 0.15) is 0 Å². The minimum absolute atomic E-state index is 0.520. The number of nitriles is 1. The average molecular weight is 293 g/mol. The minimum Gasteiger partial charge on any atom is -0.192 e. The normalized spacial score (nSPS) is 27.0. The molecule has 2 bridgehead atoms. The molecule has 14 heavy (non-hydrogen) atoms. The Balaban J connectivity index is 2.27. The second-order valence-electron chi connectivity index (χ2n) is 3.87. The van der Waals surface area contributed by atoms with E-state index >= 15 is 0 Å². The van der Waals surface area contributed by atoms with E-state index in [1.54, 1.807) is 0 Å². The summed E-state index contributed by atoms with van der Waals surface area (Å²) >= 11 is 2.41. The summed E-state index contributed by atoms with van der Waals surface area (Å²) in [5.74, 6) is 1.10. The third-order valence-corrected chi connectivity index (χ3v) is 4.30. The maximum absolute atomic E-state index is 9.04. The van der Waals surface area contributed by atoms with E-state index in [2.05, 4.69) is 40.8 Å². The molecule has 0 radical (unpaired) electrons. The van der Waals surface area contributed by atoms with Crippen molar-refractivity contribution in [3.05, 3.63) is 44.5 Å². The molecule has 0 saturated carbocycles. The quantitative estimate of drug-likeness (QED) is 0.672. The van der Waals surface area contributed by atoms with Crippen molar-refractivity contribution in [2.24, 2.45) is 0 Å². The largest absolute Gasteiger partial charge is 0.192 e. The molecule has 1 nitrogen and oxygen atoms in total. The Bertz CT molecular complexity index is 482. The molecule has 0 aliphatic heterocycles. The molecular weight excluding hydrogens is 285 g/mol. The lowest BCUT2D eigenvalue weighted by atomic mass is 9.93. The van der Waals surface area contributed by atoms with E-state index in [1.165, 1.54) is 21.1 Å². The maximum Gasteiger partial charge on any atom is 0.0994 e. The van der Waals surface area contributed by atoms with E-state index in [1.807, 2.05) is 12.1 Å². The highest BCUT2D eigenvalue weighted by molar-refractivity contribution is 14.1. The number of halogens is 1. The van der Waals surface area contributed by atoms with Gasteiger partial charge in [-0.2, -0.15) is 5.26 Å². The third kappa shape index (κ3) is 0.936. The molecule has 0 fully saturated rings. The Hall–Kier alpha value is -0.820. The molecule has 2 aliphatic rings. The van der Waals surface area contributed by atoms with Gasteiger partial charge in [-0.15, -0.1) is 0 Å². The van der Waals surface area contributed by atoms with Gasteiger partial charge in [-0.25, -0.2) is 0 Å². The van der Waals surface area contributed by atoms with Crippen molar-refractivity contribution in [2.75, 3.05) is 0 Å². The molecule has 1 aromatic rings. The van der Waals surface area contributed by atoms with Crippen molar-refractivity contribution in [2.45, 2.75) is 18.3 Å². The predicted molar refractivity (Wildman–Crippen MR) is 63.4 cm³/mol. The number of hydrogen-bond acceptors (Lipinski definition) is 1. The first-order valence-corrected chi connectivity index (χ1v) is 5.79. The molecule has 2 unspecified atom stereocenters. The van der Waals surface area contributed by atoms with Crippen LogP contribution in [0.1, 0.15) is 34.9 Å². The molecule has 0 saturated heterocycles. The number of nitrogens with zero attached hydrogens (tertiary/aromatic N) is 1. The van der Waals surface area contributed by atoms with Gasteiger partial charge in [-0.05, 0) is 49.8 Å². The van der Waals surface area contributed by atoms with Gasteiger partial charge >= 0.3 is 0 Å². The molecule has 68 valence electrons. The van der Waals surface area contributed by atoms with E-state index in [4.69, 9.17) is 5.26 Å². The molecule has 0 aromatic heterocycles. The summed E-state index contributed by atoms with van der Waals surface area (Å²) in [6.45, 7) is 0. The van der Waals surface area contributed by atoms with Crippen molar-refractivity contribution in [1.82, 2.24) is 0 Å². The van der Waals surface area contributed by atoms with Crippen molar-refractivity contribution in [3.8, 4) is 6.07 Å². The van der Waals surface area contributed by atoms with Crippen LogP contribution in [0.5, 0.6) is 0 Å². The van der Waals surface area contributed by atoms with Crippen molar-refractivity contribution < 1.29 is 0 Å². The molecule has 1 aromatic carbocycles. The highest BCUT2D eigenvalue weighted by Crippen LogP contribution is 2.55. The summed E-state index contributed by atoms with van der Waals surface area (Å²) in [4.78, 5) is 0. The molecule has 0 N–H and O–H groups in total. The molecule has 2 aliphatic carbocycles. The highest BCUT2D eigenvalue weighted by atomic mass is 127. The summed E-state index contributed by atoms with van der Waals surface area (Å²) < 4.78 is 1.42. The maximum atomic E-state index is 9.04. The highest BCUT2D eigenvalue weighted by Gasteiger charge is 2.38. The molecule has 2 atom stereocenters. The minimum atomic E-state index is 0.520. The smallest absolute Gasteiger partial charge is 0.0994 e. The van der Waals surface area contributed by atoms with Crippen LogP contribution >= 0.6 is 22.6 Å². The zero-order chi connectivity index (χ0) is 9.71. The lowest BCUT2D eigenvalue weighted by Gasteiger charge is -2.14. The number of benzene rings is 1.